The first kappa shape index (κ1) is 12.9. The van der Waals surface area contributed by atoms with Crippen molar-refractivity contribution in [2.45, 2.75) is 18.2 Å². The van der Waals surface area contributed by atoms with Crippen LogP contribution in [0.4, 0.5) is 0 Å². The Morgan fingerprint density at radius 1 is 1.50 bits per heavy atom. The lowest BCUT2D eigenvalue weighted by molar-refractivity contribution is 0.325. The summed E-state index contributed by atoms with van der Waals surface area (Å²) in [4.78, 5) is 0.0657. The highest BCUT2D eigenvalue weighted by atomic mass is 35.7. The number of aryl methyl sites for hydroxylation is 1. The van der Waals surface area contributed by atoms with Crippen molar-refractivity contribution < 1.29 is 13.2 Å². The highest BCUT2D eigenvalue weighted by Crippen LogP contribution is 2.23. The van der Waals surface area contributed by atoms with Crippen LogP contribution in [0.15, 0.2) is 23.1 Å². The van der Waals surface area contributed by atoms with Crippen LogP contribution < -0.4 is 4.74 Å². The molecule has 16 heavy (non-hydrogen) atoms. The monoisotopic (exact) mass is 258 g/mol. The van der Waals surface area contributed by atoms with Crippen LogP contribution in [-0.4, -0.2) is 15.0 Å². The number of terminal acetylenes is 1. The maximum atomic E-state index is 11.1. The number of halogens is 1. The van der Waals surface area contributed by atoms with Gasteiger partial charge in [0.25, 0.3) is 9.05 Å². The van der Waals surface area contributed by atoms with Gasteiger partial charge < -0.3 is 4.74 Å². The van der Waals surface area contributed by atoms with E-state index in [4.69, 9.17) is 21.8 Å². The molecule has 0 heterocycles. The van der Waals surface area contributed by atoms with Gasteiger partial charge in [-0.15, -0.1) is 12.3 Å². The molecule has 1 aromatic carbocycles. The van der Waals surface area contributed by atoms with E-state index < -0.39 is 9.05 Å². The van der Waals surface area contributed by atoms with Gasteiger partial charge in [-0.25, -0.2) is 8.42 Å². The maximum absolute atomic E-state index is 11.1. The summed E-state index contributed by atoms with van der Waals surface area (Å²) in [5.74, 6) is 3.06. The van der Waals surface area contributed by atoms with E-state index in [2.05, 4.69) is 5.92 Å². The van der Waals surface area contributed by atoms with E-state index in [9.17, 15) is 8.42 Å². The molecule has 0 aliphatic rings. The van der Waals surface area contributed by atoms with E-state index in [1.165, 1.54) is 12.1 Å². The minimum absolute atomic E-state index is 0.0657. The summed E-state index contributed by atoms with van der Waals surface area (Å²) >= 11 is 0. The van der Waals surface area contributed by atoms with Gasteiger partial charge >= 0.3 is 0 Å². The Bertz CT molecular complexity index is 515. The molecule has 0 saturated heterocycles. The predicted molar refractivity (Wildman–Crippen MR) is 63.2 cm³/mol. The van der Waals surface area contributed by atoms with Crippen LogP contribution in [0, 0.1) is 19.3 Å². The molecule has 0 aliphatic carbocycles. The van der Waals surface area contributed by atoms with Crippen LogP contribution in [0.1, 0.15) is 12.0 Å². The maximum Gasteiger partial charge on any atom is 0.261 e. The molecule has 0 aromatic heterocycles. The third-order valence-electron chi connectivity index (χ3n) is 1.93. The Morgan fingerprint density at radius 2 is 2.19 bits per heavy atom. The first-order chi connectivity index (χ1) is 7.45. The number of ether oxygens (including phenoxy) is 1. The first-order valence-corrected chi connectivity index (χ1v) is 6.87. The van der Waals surface area contributed by atoms with Crippen LogP contribution in [0.5, 0.6) is 5.75 Å². The topological polar surface area (TPSA) is 43.4 Å². The van der Waals surface area contributed by atoms with Gasteiger partial charge in [0, 0.05) is 17.1 Å². The smallest absolute Gasteiger partial charge is 0.261 e. The third kappa shape index (κ3) is 3.44. The van der Waals surface area contributed by atoms with Gasteiger partial charge in [0.1, 0.15) is 5.75 Å². The zero-order chi connectivity index (χ0) is 12.2. The number of rotatable bonds is 4. The molecule has 0 amide bonds. The van der Waals surface area contributed by atoms with Crippen molar-refractivity contribution in [3.05, 3.63) is 23.8 Å². The summed E-state index contributed by atoms with van der Waals surface area (Å²) in [5.41, 5.74) is 0.707. The van der Waals surface area contributed by atoms with Gasteiger partial charge in [0.15, 0.2) is 0 Å². The fourth-order valence-corrected chi connectivity index (χ4v) is 1.99. The summed E-state index contributed by atoms with van der Waals surface area (Å²) in [6.07, 6.45) is 5.59. The van der Waals surface area contributed by atoms with Crippen molar-refractivity contribution in [2.75, 3.05) is 6.61 Å². The average Bonchev–Trinajstić information content (AvgIpc) is 2.19. The predicted octanol–water partition coefficient (Wildman–Crippen LogP) is 2.32. The molecule has 0 aliphatic heterocycles. The third-order valence-corrected chi connectivity index (χ3v) is 3.28. The second-order valence-corrected chi connectivity index (χ2v) is 5.73. The van der Waals surface area contributed by atoms with E-state index >= 15 is 0 Å². The van der Waals surface area contributed by atoms with E-state index in [1.807, 2.05) is 0 Å². The molecule has 86 valence electrons. The summed E-state index contributed by atoms with van der Waals surface area (Å²) in [5, 5.41) is 0. The summed E-state index contributed by atoms with van der Waals surface area (Å²) < 4.78 is 27.5. The van der Waals surface area contributed by atoms with Crippen LogP contribution in [-0.2, 0) is 9.05 Å². The second-order valence-electron chi connectivity index (χ2n) is 3.17. The normalized spacial score (nSPS) is 10.8. The Hall–Kier alpha value is -1.18. The van der Waals surface area contributed by atoms with Crippen molar-refractivity contribution in [1.82, 2.24) is 0 Å². The van der Waals surface area contributed by atoms with E-state index in [0.717, 1.165) is 0 Å². The van der Waals surface area contributed by atoms with Gasteiger partial charge in [-0.05, 0) is 30.7 Å². The van der Waals surface area contributed by atoms with E-state index in [1.54, 1.807) is 13.0 Å². The molecule has 0 atom stereocenters. The quantitative estimate of drug-likeness (QED) is 0.473. The minimum atomic E-state index is -3.68. The van der Waals surface area contributed by atoms with Crippen molar-refractivity contribution in [2.24, 2.45) is 0 Å². The summed E-state index contributed by atoms with van der Waals surface area (Å²) in [6.45, 7) is 2.15. The first-order valence-electron chi connectivity index (χ1n) is 4.56. The fraction of sp³-hybridized carbons (Fsp3) is 0.273. The lowest BCUT2D eigenvalue weighted by Crippen LogP contribution is -1.99. The lowest BCUT2D eigenvalue weighted by atomic mass is 10.2. The van der Waals surface area contributed by atoms with Crippen molar-refractivity contribution in [3.8, 4) is 18.1 Å². The average molecular weight is 259 g/mol. The molecule has 0 bridgehead atoms. The van der Waals surface area contributed by atoms with Gasteiger partial charge in [-0.1, -0.05) is 0 Å². The van der Waals surface area contributed by atoms with Gasteiger partial charge in [0.05, 0.1) is 11.5 Å². The van der Waals surface area contributed by atoms with Crippen molar-refractivity contribution >= 4 is 19.7 Å². The zero-order valence-electron chi connectivity index (χ0n) is 8.73. The van der Waals surface area contributed by atoms with Gasteiger partial charge in [-0.3, -0.25) is 0 Å². The standard InChI is InChI=1S/C11H11ClO3S/c1-3-4-7-15-11-6-5-10(8-9(11)2)16(12,13)14/h1,5-6,8H,4,7H2,2H3. The molecule has 1 rings (SSSR count). The van der Waals surface area contributed by atoms with Crippen LogP contribution in [0.25, 0.3) is 0 Å². The molecule has 0 spiro atoms. The van der Waals surface area contributed by atoms with E-state index in [0.29, 0.717) is 24.3 Å². The molecule has 5 heteroatoms. The minimum Gasteiger partial charge on any atom is -0.492 e. The Kier molecular flexibility index (Phi) is 4.22. The SMILES string of the molecule is C#CCCOc1ccc(S(=O)(=O)Cl)cc1C. The Morgan fingerprint density at radius 3 is 2.69 bits per heavy atom. The van der Waals surface area contributed by atoms with Gasteiger partial charge in [0.2, 0.25) is 0 Å². The lowest BCUT2D eigenvalue weighted by Gasteiger charge is -2.08. The highest BCUT2D eigenvalue weighted by molar-refractivity contribution is 8.13. The van der Waals surface area contributed by atoms with Gasteiger partial charge in [-0.2, -0.15) is 0 Å². The molecular weight excluding hydrogens is 248 g/mol. The molecule has 1 aromatic rings. The molecule has 0 radical (unpaired) electrons. The molecular formula is C11H11ClO3S. The van der Waals surface area contributed by atoms with Crippen molar-refractivity contribution in [3.63, 3.8) is 0 Å². The summed E-state index contributed by atoms with van der Waals surface area (Å²) in [7, 11) is 1.53. The van der Waals surface area contributed by atoms with E-state index in [-0.39, 0.29) is 4.90 Å². The largest absolute Gasteiger partial charge is 0.492 e. The highest BCUT2D eigenvalue weighted by Gasteiger charge is 2.11. The molecule has 0 unspecified atom stereocenters. The Labute approximate surface area is 99.8 Å². The summed E-state index contributed by atoms with van der Waals surface area (Å²) in [6, 6.07) is 4.44. The van der Waals surface area contributed by atoms with Crippen LogP contribution >= 0.6 is 10.7 Å². The molecule has 0 N–H and O–H groups in total. The number of benzene rings is 1. The van der Waals surface area contributed by atoms with Crippen LogP contribution in [0.3, 0.4) is 0 Å². The van der Waals surface area contributed by atoms with Crippen LogP contribution in [0.2, 0.25) is 0 Å². The molecule has 0 fully saturated rings. The van der Waals surface area contributed by atoms with Crippen molar-refractivity contribution in [1.29, 1.82) is 0 Å². The molecule has 0 saturated carbocycles. The number of hydrogen-bond donors (Lipinski definition) is 0. The fourth-order valence-electron chi connectivity index (χ4n) is 1.16. The Balaban J connectivity index is 2.89. The zero-order valence-corrected chi connectivity index (χ0v) is 10.3. The molecule has 3 nitrogen and oxygen atoms in total. The number of hydrogen-bond acceptors (Lipinski definition) is 3. The second kappa shape index (κ2) is 5.24.